The molecule has 0 amide bonds. The molecule has 0 atom stereocenters. The first kappa shape index (κ1) is 29.4. The number of nitro groups is 1. The minimum Gasteiger partial charge on any atom is -0.466 e. The molecule has 2 aromatic rings. The molecule has 0 radical (unpaired) electrons. The molecule has 196 valence electrons. The van der Waals surface area contributed by atoms with Crippen molar-refractivity contribution in [3.05, 3.63) is 58.3 Å². The molecule has 0 aliphatic heterocycles. The third-order valence-electron chi connectivity index (χ3n) is 6.10. The average molecular weight is 529 g/mol. The lowest BCUT2D eigenvalue weighted by molar-refractivity contribution is -0.384. The van der Waals surface area contributed by atoms with E-state index in [9.17, 15) is 19.7 Å². The first-order chi connectivity index (χ1) is 16.7. The second-order valence-electron chi connectivity index (χ2n) is 11.4. The largest absolute Gasteiger partial charge is 0.466 e. The number of benzene rings is 1. The molecule has 0 fully saturated rings. The minimum absolute atomic E-state index is 0.0251. The van der Waals surface area contributed by atoms with E-state index in [0.717, 1.165) is 16.9 Å². The summed E-state index contributed by atoms with van der Waals surface area (Å²) in [5.41, 5.74) is 2.26. The van der Waals surface area contributed by atoms with Crippen LogP contribution in [0.3, 0.4) is 0 Å². The number of ether oxygens (including phenoxy) is 1. The molecular weight excluding hydrogens is 488 g/mol. The van der Waals surface area contributed by atoms with E-state index >= 15 is 0 Å². The van der Waals surface area contributed by atoms with Crippen LogP contribution >= 0.6 is 0 Å². The van der Waals surface area contributed by atoms with Gasteiger partial charge in [0.2, 0.25) is 5.91 Å². The fourth-order valence-corrected chi connectivity index (χ4v) is 6.09. The normalized spacial score (nSPS) is 12.5. The topological polar surface area (TPSA) is 91.4 Å². The Labute approximate surface area is 216 Å². The number of rotatable bonds is 12. The summed E-state index contributed by atoms with van der Waals surface area (Å²) in [4.78, 5) is 36.6. The third-order valence-corrected chi connectivity index (χ3v) is 9.73. The monoisotopic (exact) mass is 528 g/mol. The molecule has 0 saturated carbocycles. The van der Waals surface area contributed by atoms with Crippen LogP contribution in [-0.4, -0.2) is 44.1 Å². The Bertz CT molecular complexity index is 1120. The van der Waals surface area contributed by atoms with Crippen molar-refractivity contribution in [2.45, 2.75) is 77.9 Å². The van der Waals surface area contributed by atoms with Gasteiger partial charge in [-0.1, -0.05) is 63.1 Å². The molecule has 1 heterocycles. The summed E-state index contributed by atoms with van der Waals surface area (Å²) in [5.74, 6) is -0.242. The van der Waals surface area contributed by atoms with Crippen LogP contribution in [0.25, 0.3) is 11.1 Å². The molecule has 0 bridgehead atoms. The van der Waals surface area contributed by atoms with E-state index in [-0.39, 0.29) is 17.6 Å². The van der Waals surface area contributed by atoms with Crippen LogP contribution in [0.4, 0.5) is 5.69 Å². The van der Waals surface area contributed by atoms with Crippen molar-refractivity contribution in [2.75, 3.05) is 6.61 Å². The Balaban J connectivity index is 2.10. The predicted molar refractivity (Wildman–Crippen MR) is 151 cm³/mol. The van der Waals surface area contributed by atoms with Gasteiger partial charge in [0.25, 0.3) is 5.69 Å². The molecule has 36 heavy (non-hydrogen) atoms. The minimum atomic E-state index is -1.92. The summed E-state index contributed by atoms with van der Waals surface area (Å²) in [6.45, 7) is 15.6. The molecule has 9 heteroatoms. The molecule has 0 N–H and O–H groups in total. The second-order valence-corrected chi connectivity index (χ2v) is 22.0. The summed E-state index contributed by atoms with van der Waals surface area (Å²) >= 11 is 0. The van der Waals surface area contributed by atoms with E-state index in [1.165, 1.54) is 6.07 Å². The second kappa shape index (κ2) is 12.4. The van der Waals surface area contributed by atoms with Crippen LogP contribution in [0.5, 0.6) is 0 Å². The maximum Gasteiger partial charge on any atom is 0.306 e. The molecule has 1 aromatic carbocycles. The van der Waals surface area contributed by atoms with Gasteiger partial charge < -0.3 is 4.74 Å². The highest BCUT2D eigenvalue weighted by molar-refractivity contribution is 6.88. The van der Waals surface area contributed by atoms with Gasteiger partial charge in [0.1, 0.15) is 0 Å². The van der Waals surface area contributed by atoms with Gasteiger partial charge >= 0.3 is 5.97 Å². The number of carbonyl (C=O) groups is 2. The summed E-state index contributed by atoms with van der Waals surface area (Å²) in [6, 6.07) is 9.50. The Kier molecular flexibility index (Phi) is 10.2. The highest BCUT2D eigenvalue weighted by Gasteiger charge is 2.27. The van der Waals surface area contributed by atoms with Gasteiger partial charge in [-0.25, -0.2) is 0 Å². The third kappa shape index (κ3) is 8.70. The van der Waals surface area contributed by atoms with E-state index in [1.54, 1.807) is 29.0 Å². The predicted octanol–water partition coefficient (Wildman–Crippen LogP) is 6.64. The molecular formula is C27H40N2O5Si2. The lowest BCUT2D eigenvalue weighted by Crippen LogP contribution is -2.44. The summed E-state index contributed by atoms with van der Waals surface area (Å²) in [6.07, 6.45) is 5.45. The van der Waals surface area contributed by atoms with Crippen LogP contribution in [-0.2, 0) is 9.53 Å². The maximum absolute atomic E-state index is 13.3. The van der Waals surface area contributed by atoms with Crippen molar-refractivity contribution in [1.29, 1.82) is 0 Å². The number of hydrogen-bond donors (Lipinski definition) is 0. The van der Waals surface area contributed by atoms with E-state index < -0.39 is 21.1 Å². The van der Waals surface area contributed by atoms with Gasteiger partial charge in [-0.3, -0.25) is 24.3 Å². The van der Waals surface area contributed by atoms with Gasteiger partial charge in [0, 0.05) is 44.1 Å². The standard InChI is InChI=1S/C27H40N2O5Si2/c1-8-21(14-16-27(31)34-17-18-35(2,3)4)13-15-25(30)28-20-22(19-26(28)36(5,6)7)23-11-9-10-12-24(23)29(32)33/h8-12,19-20H,13-18H2,1-7H3/b21-8+. The number of hydrogen-bond acceptors (Lipinski definition) is 5. The zero-order valence-corrected chi connectivity index (χ0v) is 24.7. The van der Waals surface area contributed by atoms with Crippen molar-refractivity contribution in [1.82, 2.24) is 4.57 Å². The quantitative estimate of drug-likeness (QED) is 0.101. The first-order valence-electron chi connectivity index (χ1n) is 12.5. The molecule has 0 spiro atoms. The average Bonchev–Trinajstić information content (AvgIpc) is 3.24. The zero-order valence-electron chi connectivity index (χ0n) is 22.7. The Morgan fingerprint density at radius 1 is 1.03 bits per heavy atom. The van der Waals surface area contributed by atoms with Crippen molar-refractivity contribution in [3.63, 3.8) is 0 Å². The number of para-hydroxylation sites is 1. The highest BCUT2D eigenvalue weighted by atomic mass is 28.3. The van der Waals surface area contributed by atoms with Crippen LogP contribution in [0.2, 0.25) is 45.3 Å². The van der Waals surface area contributed by atoms with Crippen LogP contribution in [0.1, 0.15) is 37.4 Å². The molecule has 0 saturated heterocycles. The fourth-order valence-electron chi connectivity index (χ4n) is 3.88. The highest BCUT2D eigenvalue weighted by Crippen LogP contribution is 2.30. The number of aromatic nitrogens is 1. The van der Waals surface area contributed by atoms with Crippen molar-refractivity contribution in [3.8, 4) is 11.1 Å². The van der Waals surface area contributed by atoms with Crippen molar-refractivity contribution >= 4 is 39.0 Å². The van der Waals surface area contributed by atoms with Gasteiger partial charge in [0.15, 0.2) is 0 Å². The molecule has 7 nitrogen and oxygen atoms in total. The summed E-state index contributed by atoms with van der Waals surface area (Å²) in [5, 5.41) is 12.5. The van der Waals surface area contributed by atoms with E-state index in [1.807, 2.05) is 19.1 Å². The van der Waals surface area contributed by atoms with E-state index in [0.29, 0.717) is 43.4 Å². The van der Waals surface area contributed by atoms with Crippen LogP contribution in [0.15, 0.2) is 48.2 Å². The first-order valence-corrected chi connectivity index (χ1v) is 19.7. The van der Waals surface area contributed by atoms with Gasteiger partial charge in [-0.2, -0.15) is 0 Å². The smallest absolute Gasteiger partial charge is 0.306 e. The maximum atomic E-state index is 13.3. The SMILES string of the molecule is C/C=C(/CCC(=O)OCC[Si](C)(C)C)CCC(=O)n1cc(-c2ccccc2[N+](=O)[O-])cc1[Si](C)(C)C. The Hall–Kier alpha value is -2.79. The number of allylic oxidation sites excluding steroid dienone is 2. The van der Waals surface area contributed by atoms with E-state index in [4.69, 9.17) is 4.74 Å². The lowest BCUT2D eigenvalue weighted by Gasteiger charge is -2.19. The zero-order chi connectivity index (χ0) is 27.1. The van der Waals surface area contributed by atoms with Gasteiger partial charge in [0.05, 0.1) is 25.2 Å². The Morgan fingerprint density at radius 2 is 1.67 bits per heavy atom. The fraction of sp³-hybridized carbons (Fsp3) is 0.481. The summed E-state index contributed by atoms with van der Waals surface area (Å²) in [7, 11) is -3.16. The van der Waals surface area contributed by atoms with Crippen LogP contribution in [0, 0.1) is 10.1 Å². The van der Waals surface area contributed by atoms with E-state index in [2.05, 4.69) is 39.3 Å². The summed E-state index contributed by atoms with van der Waals surface area (Å²) < 4.78 is 7.08. The number of esters is 1. The van der Waals surface area contributed by atoms with Crippen molar-refractivity contribution < 1.29 is 19.2 Å². The molecule has 0 aliphatic carbocycles. The molecule has 2 rings (SSSR count). The molecule has 1 aromatic heterocycles. The molecule has 0 unspecified atom stereocenters. The molecule has 0 aliphatic rings. The van der Waals surface area contributed by atoms with Crippen molar-refractivity contribution in [2.24, 2.45) is 0 Å². The van der Waals surface area contributed by atoms with Gasteiger partial charge in [-0.05, 0) is 37.9 Å². The Morgan fingerprint density at radius 3 is 2.25 bits per heavy atom. The van der Waals surface area contributed by atoms with Gasteiger partial charge in [-0.15, -0.1) is 0 Å². The lowest BCUT2D eigenvalue weighted by atomic mass is 10.0. The number of nitrogens with zero attached hydrogens (tertiary/aromatic N) is 2. The number of nitro benzene ring substituents is 1. The van der Waals surface area contributed by atoms with Crippen LogP contribution < -0.4 is 5.32 Å². The number of carbonyl (C=O) groups excluding carboxylic acids is 2.